The minimum absolute atomic E-state index is 0.179. The molecule has 2 nitrogen and oxygen atoms in total. The van der Waals surface area contributed by atoms with Crippen molar-refractivity contribution < 1.29 is 9.84 Å². The Kier molecular flexibility index (Phi) is 2.44. The SMILES string of the molecule is CC1(C)CC(O)(CCC2CC2)C(C)(C)O1. The molecular weight excluding hydrogens is 188 g/mol. The van der Waals surface area contributed by atoms with Gasteiger partial charge in [-0.3, -0.25) is 0 Å². The van der Waals surface area contributed by atoms with Crippen LogP contribution < -0.4 is 0 Å². The first-order valence-corrected chi connectivity index (χ1v) is 6.17. The lowest BCUT2D eigenvalue weighted by Crippen LogP contribution is -2.46. The Labute approximate surface area is 93.0 Å². The monoisotopic (exact) mass is 212 g/mol. The van der Waals surface area contributed by atoms with Gasteiger partial charge in [0.15, 0.2) is 0 Å². The van der Waals surface area contributed by atoms with Crippen molar-refractivity contribution in [2.75, 3.05) is 0 Å². The van der Waals surface area contributed by atoms with Gasteiger partial charge in [0.2, 0.25) is 0 Å². The molecule has 0 aromatic carbocycles. The van der Waals surface area contributed by atoms with Crippen molar-refractivity contribution in [1.29, 1.82) is 0 Å². The number of hydrogen-bond acceptors (Lipinski definition) is 2. The van der Waals surface area contributed by atoms with Crippen LogP contribution in [0.25, 0.3) is 0 Å². The molecule has 1 saturated heterocycles. The molecule has 0 bridgehead atoms. The van der Waals surface area contributed by atoms with E-state index in [0.29, 0.717) is 0 Å². The van der Waals surface area contributed by atoms with Gasteiger partial charge in [0.05, 0.1) is 16.8 Å². The van der Waals surface area contributed by atoms with Crippen molar-refractivity contribution in [3.8, 4) is 0 Å². The van der Waals surface area contributed by atoms with Crippen molar-refractivity contribution in [2.45, 2.75) is 76.6 Å². The molecule has 1 N–H and O–H groups in total. The fourth-order valence-corrected chi connectivity index (χ4v) is 2.98. The van der Waals surface area contributed by atoms with Gasteiger partial charge in [-0.05, 0) is 46.5 Å². The summed E-state index contributed by atoms with van der Waals surface area (Å²) in [4.78, 5) is 0. The van der Waals surface area contributed by atoms with Crippen LogP contribution in [-0.4, -0.2) is 21.9 Å². The number of aliphatic hydroxyl groups is 1. The van der Waals surface area contributed by atoms with Crippen LogP contribution in [0.15, 0.2) is 0 Å². The van der Waals surface area contributed by atoms with E-state index in [-0.39, 0.29) is 5.60 Å². The molecule has 0 amide bonds. The van der Waals surface area contributed by atoms with Gasteiger partial charge in [-0.25, -0.2) is 0 Å². The molecule has 2 heteroatoms. The van der Waals surface area contributed by atoms with E-state index < -0.39 is 11.2 Å². The van der Waals surface area contributed by atoms with Gasteiger partial charge in [-0.15, -0.1) is 0 Å². The highest BCUT2D eigenvalue weighted by molar-refractivity contribution is 5.06. The summed E-state index contributed by atoms with van der Waals surface area (Å²) in [6.45, 7) is 8.19. The van der Waals surface area contributed by atoms with Gasteiger partial charge < -0.3 is 9.84 Å². The second-order valence-electron chi connectivity index (χ2n) is 6.56. The van der Waals surface area contributed by atoms with E-state index in [4.69, 9.17) is 4.74 Å². The second kappa shape index (κ2) is 3.21. The molecule has 2 aliphatic rings. The Morgan fingerprint density at radius 3 is 2.20 bits per heavy atom. The van der Waals surface area contributed by atoms with Crippen molar-refractivity contribution in [3.05, 3.63) is 0 Å². The molecule has 0 aromatic heterocycles. The van der Waals surface area contributed by atoms with Crippen LogP contribution in [0, 0.1) is 5.92 Å². The molecular formula is C13H24O2. The van der Waals surface area contributed by atoms with Crippen LogP contribution in [0.2, 0.25) is 0 Å². The molecule has 2 rings (SSSR count). The molecule has 0 aromatic rings. The van der Waals surface area contributed by atoms with Crippen molar-refractivity contribution in [3.63, 3.8) is 0 Å². The van der Waals surface area contributed by atoms with E-state index in [9.17, 15) is 5.11 Å². The van der Waals surface area contributed by atoms with Crippen LogP contribution >= 0.6 is 0 Å². The normalized spacial score (nSPS) is 38.2. The van der Waals surface area contributed by atoms with E-state index in [1.54, 1.807) is 0 Å². The Hall–Kier alpha value is -0.0800. The summed E-state index contributed by atoms with van der Waals surface area (Å²) in [5, 5.41) is 10.7. The third kappa shape index (κ3) is 2.21. The van der Waals surface area contributed by atoms with Gasteiger partial charge in [0, 0.05) is 6.42 Å². The summed E-state index contributed by atoms with van der Waals surface area (Å²) >= 11 is 0. The highest BCUT2D eigenvalue weighted by Crippen LogP contribution is 2.49. The first-order valence-electron chi connectivity index (χ1n) is 6.17. The minimum Gasteiger partial charge on any atom is -0.387 e. The number of hydrogen-bond donors (Lipinski definition) is 1. The zero-order chi connectivity index (χ0) is 11.3. The van der Waals surface area contributed by atoms with E-state index in [0.717, 1.165) is 18.8 Å². The maximum absolute atomic E-state index is 10.7. The lowest BCUT2D eigenvalue weighted by molar-refractivity contribution is -0.129. The van der Waals surface area contributed by atoms with Gasteiger partial charge in [0.1, 0.15) is 0 Å². The van der Waals surface area contributed by atoms with E-state index in [1.807, 2.05) is 13.8 Å². The maximum atomic E-state index is 10.7. The first kappa shape index (κ1) is 11.4. The Bertz CT molecular complexity index is 253. The van der Waals surface area contributed by atoms with Gasteiger partial charge in [-0.2, -0.15) is 0 Å². The molecule has 1 aliphatic heterocycles. The zero-order valence-electron chi connectivity index (χ0n) is 10.5. The molecule has 1 atom stereocenters. The third-order valence-corrected chi connectivity index (χ3v) is 4.03. The maximum Gasteiger partial charge on any atom is 0.0958 e. The second-order valence-corrected chi connectivity index (χ2v) is 6.56. The summed E-state index contributed by atoms with van der Waals surface area (Å²) in [5.74, 6) is 0.883. The lowest BCUT2D eigenvalue weighted by atomic mass is 9.78. The number of rotatable bonds is 3. The molecule has 1 heterocycles. The van der Waals surface area contributed by atoms with Gasteiger partial charge >= 0.3 is 0 Å². The number of ether oxygens (including phenoxy) is 1. The summed E-state index contributed by atoms with van der Waals surface area (Å²) in [5.41, 5.74) is -1.20. The Morgan fingerprint density at radius 1 is 1.20 bits per heavy atom. The van der Waals surface area contributed by atoms with Crippen molar-refractivity contribution >= 4 is 0 Å². The highest BCUT2D eigenvalue weighted by Gasteiger charge is 2.56. The van der Waals surface area contributed by atoms with Crippen molar-refractivity contribution in [1.82, 2.24) is 0 Å². The standard InChI is InChI=1S/C13H24O2/c1-11(2)9-13(14,12(3,4)15-11)8-7-10-5-6-10/h10,14H,5-9H2,1-4H3. The topological polar surface area (TPSA) is 29.5 Å². The third-order valence-electron chi connectivity index (χ3n) is 4.03. The molecule has 15 heavy (non-hydrogen) atoms. The Morgan fingerprint density at radius 2 is 1.80 bits per heavy atom. The largest absolute Gasteiger partial charge is 0.387 e. The average Bonchev–Trinajstić information content (AvgIpc) is 2.76. The fourth-order valence-electron chi connectivity index (χ4n) is 2.98. The zero-order valence-corrected chi connectivity index (χ0v) is 10.5. The quantitative estimate of drug-likeness (QED) is 0.779. The fraction of sp³-hybridized carbons (Fsp3) is 1.00. The predicted molar refractivity (Wildman–Crippen MR) is 60.8 cm³/mol. The van der Waals surface area contributed by atoms with E-state index >= 15 is 0 Å². The predicted octanol–water partition coefficient (Wildman–Crippen LogP) is 2.89. The van der Waals surface area contributed by atoms with Crippen LogP contribution in [0.5, 0.6) is 0 Å². The Balaban J connectivity index is 2.03. The average molecular weight is 212 g/mol. The molecule has 0 radical (unpaired) electrons. The van der Waals surface area contributed by atoms with E-state index in [2.05, 4.69) is 13.8 Å². The molecule has 0 spiro atoms. The smallest absolute Gasteiger partial charge is 0.0958 e. The summed E-state index contributed by atoms with van der Waals surface area (Å²) in [6, 6.07) is 0. The highest BCUT2D eigenvalue weighted by atomic mass is 16.5. The minimum atomic E-state index is -0.626. The summed E-state index contributed by atoms with van der Waals surface area (Å²) in [6.07, 6.45) is 5.55. The van der Waals surface area contributed by atoms with Crippen LogP contribution in [0.1, 0.15) is 59.8 Å². The molecule has 1 unspecified atom stereocenters. The molecule has 88 valence electrons. The van der Waals surface area contributed by atoms with Crippen LogP contribution in [0.4, 0.5) is 0 Å². The van der Waals surface area contributed by atoms with Gasteiger partial charge in [-0.1, -0.05) is 12.8 Å². The molecule has 1 aliphatic carbocycles. The van der Waals surface area contributed by atoms with Gasteiger partial charge in [0.25, 0.3) is 0 Å². The van der Waals surface area contributed by atoms with Crippen LogP contribution in [-0.2, 0) is 4.74 Å². The summed E-state index contributed by atoms with van der Waals surface area (Å²) < 4.78 is 5.95. The van der Waals surface area contributed by atoms with Crippen molar-refractivity contribution in [2.24, 2.45) is 5.92 Å². The first-order chi connectivity index (χ1) is 6.74. The molecule has 2 fully saturated rings. The van der Waals surface area contributed by atoms with Crippen LogP contribution in [0.3, 0.4) is 0 Å². The molecule has 1 saturated carbocycles. The van der Waals surface area contributed by atoms with E-state index in [1.165, 1.54) is 19.3 Å². The lowest BCUT2D eigenvalue weighted by Gasteiger charge is -2.35. The summed E-state index contributed by atoms with van der Waals surface area (Å²) in [7, 11) is 0.